The first kappa shape index (κ1) is 10.6. The highest BCUT2D eigenvalue weighted by molar-refractivity contribution is 5.92. The lowest BCUT2D eigenvalue weighted by atomic mass is 9.96. The minimum Gasteiger partial charge on any atom is -0.294 e. The van der Waals surface area contributed by atoms with Crippen LogP contribution in [-0.2, 0) is 4.79 Å². The Morgan fingerprint density at radius 1 is 1.36 bits per heavy atom. The number of rotatable bonds is 1. The maximum Gasteiger partial charge on any atom is 0.232 e. The van der Waals surface area contributed by atoms with Crippen LogP contribution in [0.4, 0.5) is 5.95 Å². The Morgan fingerprint density at radius 3 is 2.50 bits per heavy atom. The van der Waals surface area contributed by atoms with E-state index in [1.165, 1.54) is 6.33 Å². The molecule has 0 aliphatic rings. The fourth-order valence-corrected chi connectivity index (χ4v) is 0.727. The maximum atomic E-state index is 11.5. The van der Waals surface area contributed by atoms with Gasteiger partial charge in [-0.25, -0.2) is 9.97 Å². The quantitative estimate of drug-likeness (QED) is 0.728. The summed E-state index contributed by atoms with van der Waals surface area (Å²) >= 11 is 0. The van der Waals surface area contributed by atoms with Crippen LogP contribution in [-0.4, -0.2) is 20.9 Å². The van der Waals surface area contributed by atoms with Crippen LogP contribution >= 0.6 is 0 Å². The van der Waals surface area contributed by atoms with Crippen molar-refractivity contribution in [2.24, 2.45) is 5.41 Å². The third kappa shape index (κ3) is 2.76. The molecule has 1 rings (SSSR count). The van der Waals surface area contributed by atoms with Gasteiger partial charge in [0.1, 0.15) is 12.2 Å². The number of hydrogen-bond acceptors (Lipinski definition) is 4. The molecule has 0 spiro atoms. The number of carbonyl (C=O) groups excluding carboxylic acids is 1. The predicted molar refractivity (Wildman–Crippen MR) is 52.6 cm³/mol. The summed E-state index contributed by atoms with van der Waals surface area (Å²) in [6.07, 6.45) is 1.38. The lowest BCUT2D eigenvalue weighted by Gasteiger charge is -2.16. The molecule has 1 amide bonds. The standard InChI is InChI=1S/C9H14N4O/c1-6-10-5-11-8(12-6)13-7(14)9(2,3)4/h5H,1-4H3,(H,10,11,12,13,14). The molecule has 0 bridgehead atoms. The van der Waals surface area contributed by atoms with Crippen LogP contribution in [0.1, 0.15) is 26.6 Å². The van der Waals surface area contributed by atoms with Crippen LogP contribution in [0.5, 0.6) is 0 Å². The van der Waals surface area contributed by atoms with E-state index in [2.05, 4.69) is 20.3 Å². The second kappa shape index (κ2) is 3.69. The molecule has 1 heterocycles. The molecule has 0 unspecified atom stereocenters. The van der Waals surface area contributed by atoms with Gasteiger partial charge in [0.15, 0.2) is 0 Å². The molecule has 0 fully saturated rings. The Morgan fingerprint density at radius 2 is 2.00 bits per heavy atom. The van der Waals surface area contributed by atoms with Crippen molar-refractivity contribution in [3.8, 4) is 0 Å². The van der Waals surface area contributed by atoms with Gasteiger partial charge in [-0.3, -0.25) is 10.1 Å². The third-order valence-corrected chi connectivity index (χ3v) is 1.60. The first-order valence-corrected chi connectivity index (χ1v) is 4.36. The van der Waals surface area contributed by atoms with Crippen LogP contribution < -0.4 is 5.32 Å². The number of carbonyl (C=O) groups is 1. The highest BCUT2D eigenvalue weighted by atomic mass is 16.2. The van der Waals surface area contributed by atoms with Crippen molar-refractivity contribution in [1.29, 1.82) is 0 Å². The van der Waals surface area contributed by atoms with Gasteiger partial charge in [-0.1, -0.05) is 20.8 Å². The molecule has 76 valence electrons. The first-order valence-electron chi connectivity index (χ1n) is 4.36. The van der Waals surface area contributed by atoms with Gasteiger partial charge in [0.2, 0.25) is 11.9 Å². The van der Waals surface area contributed by atoms with Gasteiger partial charge in [-0.05, 0) is 6.92 Å². The van der Waals surface area contributed by atoms with Crippen LogP contribution in [0.3, 0.4) is 0 Å². The normalized spacial score (nSPS) is 11.1. The Balaban J connectivity index is 2.75. The van der Waals surface area contributed by atoms with E-state index < -0.39 is 5.41 Å². The molecule has 0 radical (unpaired) electrons. The van der Waals surface area contributed by atoms with E-state index in [9.17, 15) is 4.79 Å². The fraction of sp³-hybridized carbons (Fsp3) is 0.556. The molecule has 0 aromatic carbocycles. The zero-order valence-corrected chi connectivity index (χ0v) is 8.83. The molecule has 0 aliphatic heterocycles. The molecule has 14 heavy (non-hydrogen) atoms. The summed E-state index contributed by atoms with van der Waals surface area (Å²) in [6.45, 7) is 7.23. The topological polar surface area (TPSA) is 67.8 Å². The molecule has 1 aromatic heterocycles. The van der Waals surface area contributed by atoms with E-state index in [1.54, 1.807) is 6.92 Å². The number of aromatic nitrogens is 3. The van der Waals surface area contributed by atoms with Gasteiger partial charge in [0, 0.05) is 5.41 Å². The van der Waals surface area contributed by atoms with E-state index in [0.29, 0.717) is 11.8 Å². The number of hydrogen-bond donors (Lipinski definition) is 1. The summed E-state index contributed by atoms with van der Waals surface area (Å²) in [6, 6.07) is 0. The number of aryl methyl sites for hydroxylation is 1. The lowest BCUT2D eigenvalue weighted by molar-refractivity contribution is -0.123. The summed E-state index contributed by atoms with van der Waals surface area (Å²) in [5.41, 5.74) is -0.444. The SMILES string of the molecule is Cc1ncnc(NC(=O)C(C)(C)C)n1. The number of nitrogens with zero attached hydrogens (tertiary/aromatic N) is 3. The van der Waals surface area contributed by atoms with Crippen LogP contribution in [0.2, 0.25) is 0 Å². The Hall–Kier alpha value is -1.52. The molecule has 0 saturated heterocycles. The maximum absolute atomic E-state index is 11.5. The van der Waals surface area contributed by atoms with Crippen molar-refractivity contribution >= 4 is 11.9 Å². The molecule has 0 saturated carbocycles. The average Bonchev–Trinajstić information content (AvgIpc) is 2.02. The van der Waals surface area contributed by atoms with Crippen molar-refractivity contribution in [2.45, 2.75) is 27.7 Å². The lowest BCUT2D eigenvalue weighted by Crippen LogP contribution is -2.28. The van der Waals surface area contributed by atoms with Crippen molar-refractivity contribution in [3.05, 3.63) is 12.2 Å². The van der Waals surface area contributed by atoms with Crippen LogP contribution in [0.15, 0.2) is 6.33 Å². The van der Waals surface area contributed by atoms with Gasteiger partial charge in [0.25, 0.3) is 0 Å². The zero-order chi connectivity index (χ0) is 10.8. The highest BCUT2D eigenvalue weighted by Crippen LogP contribution is 2.14. The van der Waals surface area contributed by atoms with Gasteiger partial charge in [0.05, 0.1) is 0 Å². The Bertz CT molecular complexity index is 343. The monoisotopic (exact) mass is 194 g/mol. The van der Waals surface area contributed by atoms with Gasteiger partial charge in [-0.15, -0.1) is 0 Å². The Labute approximate surface area is 83.0 Å². The van der Waals surface area contributed by atoms with E-state index >= 15 is 0 Å². The van der Waals surface area contributed by atoms with Crippen molar-refractivity contribution in [1.82, 2.24) is 15.0 Å². The van der Waals surface area contributed by atoms with E-state index in [1.807, 2.05) is 20.8 Å². The van der Waals surface area contributed by atoms with Crippen LogP contribution in [0.25, 0.3) is 0 Å². The molecular formula is C9H14N4O. The molecule has 0 atom stereocenters. The van der Waals surface area contributed by atoms with E-state index in [-0.39, 0.29) is 5.91 Å². The third-order valence-electron chi connectivity index (χ3n) is 1.60. The van der Waals surface area contributed by atoms with E-state index in [0.717, 1.165) is 0 Å². The zero-order valence-electron chi connectivity index (χ0n) is 8.83. The second-order valence-corrected chi connectivity index (χ2v) is 4.06. The van der Waals surface area contributed by atoms with Crippen molar-refractivity contribution in [2.75, 3.05) is 5.32 Å². The summed E-state index contributed by atoms with van der Waals surface area (Å²) < 4.78 is 0. The predicted octanol–water partition coefficient (Wildman–Crippen LogP) is 1.16. The van der Waals surface area contributed by atoms with Crippen LogP contribution in [0, 0.1) is 12.3 Å². The number of amides is 1. The largest absolute Gasteiger partial charge is 0.294 e. The minimum atomic E-state index is -0.444. The molecule has 1 N–H and O–H groups in total. The highest BCUT2D eigenvalue weighted by Gasteiger charge is 2.21. The summed E-state index contributed by atoms with van der Waals surface area (Å²) in [4.78, 5) is 23.2. The van der Waals surface area contributed by atoms with Gasteiger partial charge >= 0.3 is 0 Å². The summed E-state index contributed by atoms with van der Waals surface area (Å²) in [5, 5.41) is 2.62. The minimum absolute atomic E-state index is 0.108. The molecule has 5 nitrogen and oxygen atoms in total. The smallest absolute Gasteiger partial charge is 0.232 e. The number of anilines is 1. The van der Waals surface area contributed by atoms with Gasteiger partial charge < -0.3 is 0 Å². The first-order chi connectivity index (χ1) is 6.39. The molecular weight excluding hydrogens is 180 g/mol. The molecule has 5 heteroatoms. The number of nitrogens with one attached hydrogen (secondary N) is 1. The van der Waals surface area contributed by atoms with E-state index in [4.69, 9.17) is 0 Å². The fourth-order valence-electron chi connectivity index (χ4n) is 0.727. The Kier molecular flexibility index (Phi) is 2.78. The average molecular weight is 194 g/mol. The molecule has 1 aromatic rings. The summed E-state index contributed by atoms with van der Waals surface area (Å²) in [7, 11) is 0. The van der Waals surface area contributed by atoms with Crippen molar-refractivity contribution < 1.29 is 4.79 Å². The molecule has 0 aliphatic carbocycles. The van der Waals surface area contributed by atoms with Gasteiger partial charge in [-0.2, -0.15) is 4.98 Å². The van der Waals surface area contributed by atoms with Crippen molar-refractivity contribution in [3.63, 3.8) is 0 Å². The second-order valence-electron chi connectivity index (χ2n) is 4.06. The summed E-state index contributed by atoms with van der Waals surface area (Å²) in [5.74, 6) is 0.782.